The molecule has 0 spiro atoms. The minimum absolute atomic E-state index is 0. The number of rotatable bonds is 6. The van der Waals surface area contributed by atoms with Gasteiger partial charge in [0, 0.05) is 5.97 Å². The SMILES string of the molecule is C=CC(=O)[O-].CCCCC(CC)C(=O)[O-].[Al+2]. The summed E-state index contributed by atoms with van der Waals surface area (Å²) in [5, 5.41) is 19.5. The molecule has 0 heterocycles. The van der Waals surface area contributed by atoms with Crippen LogP contribution in [0.1, 0.15) is 39.5 Å². The Balaban J connectivity index is -0.000000242. The third-order valence-electron chi connectivity index (χ3n) is 1.90. The Hall–Kier alpha value is -0.788. The maximum absolute atomic E-state index is 10.3. The zero-order valence-electron chi connectivity index (χ0n) is 9.90. The van der Waals surface area contributed by atoms with Crippen LogP contribution in [0.3, 0.4) is 0 Å². The minimum atomic E-state index is -1.23. The van der Waals surface area contributed by atoms with E-state index in [1.54, 1.807) is 0 Å². The average molecular weight is 241 g/mol. The van der Waals surface area contributed by atoms with Gasteiger partial charge in [0.2, 0.25) is 0 Å². The second kappa shape index (κ2) is 14.2. The van der Waals surface area contributed by atoms with E-state index in [1.807, 2.05) is 6.92 Å². The van der Waals surface area contributed by atoms with Crippen molar-refractivity contribution in [1.82, 2.24) is 0 Å². The first kappa shape index (κ1) is 20.6. The quantitative estimate of drug-likeness (QED) is 0.463. The molecule has 0 aromatic rings. The van der Waals surface area contributed by atoms with Crippen molar-refractivity contribution in [2.75, 3.05) is 0 Å². The van der Waals surface area contributed by atoms with E-state index in [9.17, 15) is 9.90 Å². The summed E-state index contributed by atoms with van der Waals surface area (Å²) in [5.41, 5.74) is 0. The maximum Gasteiger partial charge on any atom is 2.00 e. The number of unbranched alkanes of at least 4 members (excludes halogenated alkanes) is 1. The summed E-state index contributed by atoms with van der Waals surface area (Å²) in [6, 6.07) is 0. The number of carboxylic acids is 2. The van der Waals surface area contributed by atoms with E-state index in [0.29, 0.717) is 6.42 Å². The van der Waals surface area contributed by atoms with Crippen LogP contribution in [-0.4, -0.2) is 29.3 Å². The summed E-state index contributed by atoms with van der Waals surface area (Å²) < 4.78 is 0. The normalized spacial score (nSPS) is 10.1. The molecule has 5 heteroatoms. The molecule has 89 valence electrons. The summed E-state index contributed by atoms with van der Waals surface area (Å²) >= 11 is 0. The van der Waals surface area contributed by atoms with Crippen molar-refractivity contribution in [2.24, 2.45) is 5.92 Å². The van der Waals surface area contributed by atoms with Gasteiger partial charge in [0.25, 0.3) is 0 Å². The molecule has 0 saturated carbocycles. The summed E-state index contributed by atoms with van der Waals surface area (Å²) in [7, 11) is 0. The topological polar surface area (TPSA) is 80.3 Å². The van der Waals surface area contributed by atoms with Gasteiger partial charge in [-0.3, -0.25) is 0 Å². The molecule has 0 bridgehead atoms. The molecule has 0 aromatic carbocycles. The van der Waals surface area contributed by atoms with Crippen molar-refractivity contribution in [3.05, 3.63) is 12.7 Å². The molecule has 1 unspecified atom stereocenters. The molecule has 0 fully saturated rings. The van der Waals surface area contributed by atoms with Crippen molar-refractivity contribution < 1.29 is 19.8 Å². The van der Waals surface area contributed by atoms with Crippen molar-refractivity contribution in [3.8, 4) is 0 Å². The second-order valence-electron chi connectivity index (χ2n) is 3.09. The molecule has 0 aliphatic heterocycles. The van der Waals surface area contributed by atoms with Gasteiger partial charge >= 0.3 is 17.4 Å². The van der Waals surface area contributed by atoms with E-state index in [2.05, 4.69) is 13.5 Å². The molecule has 0 N–H and O–H groups in total. The summed E-state index contributed by atoms with van der Waals surface area (Å²) in [6.07, 6.45) is 4.24. The summed E-state index contributed by atoms with van der Waals surface area (Å²) in [6.45, 7) is 6.84. The van der Waals surface area contributed by atoms with Crippen LogP contribution in [-0.2, 0) is 9.59 Å². The number of aliphatic carboxylic acids is 2. The zero-order chi connectivity index (χ0) is 12.3. The number of hydrogen-bond acceptors (Lipinski definition) is 4. The average Bonchev–Trinajstić information content (AvgIpc) is 2.19. The van der Waals surface area contributed by atoms with Crippen LogP contribution in [0.5, 0.6) is 0 Å². The zero-order valence-corrected chi connectivity index (χ0v) is 11.1. The number of carboxylic acid groups (broad SMARTS) is 2. The molecule has 1 radical (unpaired) electrons. The molecule has 0 aliphatic rings. The Labute approximate surface area is 107 Å². The van der Waals surface area contributed by atoms with Gasteiger partial charge in [-0.15, -0.1) is 0 Å². The largest absolute Gasteiger partial charge is 2.00 e. The third kappa shape index (κ3) is 15.7. The molecular weight excluding hydrogens is 223 g/mol. The van der Waals surface area contributed by atoms with Crippen molar-refractivity contribution >= 4 is 29.3 Å². The number of carbonyl (C=O) groups is 2. The smallest absolute Gasteiger partial charge is 0.550 e. The minimum Gasteiger partial charge on any atom is -0.550 e. The number of carbonyl (C=O) groups excluding carboxylic acids is 2. The molecule has 16 heavy (non-hydrogen) atoms. The van der Waals surface area contributed by atoms with Crippen LogP contribution in [0.25, 0.3) is 0 Å². The predicted octanol–water partition coefficient (Wildman–Crippen LogP) is -0.506. The van der Waals surface area contributed by atoms with E-state index >= 15 is 0 Å². The first-order valence-corrected chi connectivity index (χ1v) is 5.03. The Morgan fingerprint density at radius 1 is 1.31 bits per heavy atom. The van der Waals surface area contributed by atoms with Gasteiger partial charge in [0.15, 0.2) is 0 Å². The van der Waals surface area contributed by atoms with Crippen LogP contribution in [0.15, 0.2) is 12.7 Å². The van der Waals surface area contributed by atoms with E-state index in [4.69, 9.17) is 9.90 Å². The summed E-state index contributed by atoms with van der Waals surface area (Å²) in [4.78, 5) is 19.5. The third-order valence-corrected chi connectivity index (χ3v) is 1.90. The van der Waals surface area contributed by atoms with Crippen molar-refractivity contribution in [2.45, 2.75) is 39.5 Å². The first-order chi connectivity index (χ1) is 6.99. The van der Waals surface area contributed by atoms with Crippen molar-refractivity contribution in [3.63, 3.8) is 0 Å². The summed E-state index contributed by atoms with van der Waals surface area (Å²) in [5.74, 6) is -2.35. The first-order valence-electron chi connectivity index (χ1n) is 5.03. The molecule has 4 nitrogen and oxygen atoms in total. The van der Waals surface area contributed by atoms with Crippen LogP contribution < -0.4 is 10.2 Å². The van der Waals surface area contributed by atoms with Gasteiger partial charge < -0.3 is 19.8 Å². The standard InChI is InChI=1S/C8H16O2.C3H4O2.Al/c1-3-5-6-7(4-2)8(9)10;1-2-3(4)5;/h7H,3-6H2,1-2H3,(H,9,10);2H,1H2,(H,4,5);/q;;+2/p-2. The van der Waals surface area contributed by atoms with Gasteiger partial charge in [-0.1, -0.05) is 33.3 Å². The van der Waals surface area contributed by atoms with Crippen LogP contribution in [0, 0.1) is 5.92 Å². The van der Waals surface area contributed by atoms with E-state index in [1.165, 1.54) is 0 Å². The van der Waals surface area contributed by atoms with E-state index < -0.39 is 11.9 Å². The Morgan fingerprint density at radius 2 is 1.75 bits per heavy atom. The molecule has 1 atom stereocenters. The maximum atomic E-state index is 10.3. The van der Waals surface area contributed by atoms with Crippen molar-refractivity contribution in [1.29, 1.82) is 0 Å². The van der Waals surface area contributed by atoms with Crippen LogP contribution in [0.4, 0.5) is 0 Å². The monoisotopic (exact) mass is 241 g/mol. The molecule has 0 amide bonds. The second-order valence-corrected chi connectivity index (χ2v) is 3.09. The Morgan fingerprint density at radius 3 is 1.94 bits per heavy atom. The molecule has 0 rings (SSSR count). The van der Waals surface area contributed by atoms with Gasteiger partial charge in [0.1, 0.15) is 0 Å². The predicted molar refractivity (Wildman–Crippen MR) is 59.3 cm³/mol. The molecule has 0 aliphatic carbocycles. The van der Waals surface area contributed by atoms with Crippen LogP contribution >= 0.6 is 0 Å². The fraction of sp³-hybridized carbons (Fsp3) is 0.636. The Bertz CT molecular complexity index is 204. The van der Waals surface area contributed by atoms with Gasteiger partial charge in [-0.25, -0.2) is 0 Å². The van der Waals surface area contributed by atoms with Crippen LogP contribution in [0.2, 0.25) is 0 Å². The van der Waals surface area contributed by atoms with Gasteiger partial charge in [-0.2, -0.15) is 0 Å². The fourth-order valence-electron chi connectivity index (χ4n) is 0.939. The van der Waals surface area contributed by atoms with E-state index in [-0.39, 0.29) is 23.3 Å². The Kier molecular flexibility index (Phi) is 18.3. The number of hydrogen-bond donors (Lipinski definition) is 0. The molecule has 0 saturated heterocycles. The molecule has 0 aromatic heterocycles. The van der Waals surface area contributed by atoms with Gasteiger partial charge in [0.05, 0.1) is 5.97 Å². The fourth-order valence-corrected chi connectivity index (χ4v) is 0.939. The van der Waals surface area contributed by atoms with Gasteiger partial charge in [-0.05, 0) is 24.8 Å². The van der Waals surface area contributed by atoms with E-state index in [0.717, 1.165) is 25.3 Å². The molecular formula is C11H18AlO4.